The van der Waals surface area contributed by atoms with Gasteiger partial charge in [-0.25, -0.2) is 14.3 Å². The van der Waals surface area contributed by atoms with Crippen LogP contribution in [0.2, 0.25) is 0 Å². The summed E-state index contributed by atoms with van der Waals surface area (Å²) in [5, 5.41) is 11.9. The molecule has 1 N–H and O–H groups in total. The largest absolute Gasteiger partial charge is 0.490 e. The molecule has 4 heterocycles. The Hall–Kier alpha value is -3.63. The first-order chi connectivity index (χ1) is 17.6. The van der Waals surface area contributed by atoms with Gasteiger partial charge in [-0.15, -0.1) is 0 Å². The Morgan fingerprint density at radius 2 is 1.76 bits per heavy atom. The van der Waals surface area contributed by atoms with E-state index in [1.54, 1.807) is 0 Å². The van der Waals surface area contributed by atoms with E-state index in [0.717, 1.165) is 49.5 Å². The molecule has 2 fully saturated rings. The van der Waals surface area contributed by atoms with Crippen molar-refractivity contribution in [2.45, 2.75) is 51.1 Å². The lowest BCUT2D eigenvalue weighted by Gasteiger charge is -2.31. The number of fused-ring (bicyclic) bond motifs is 1. The molecule has 0 radical (unpaired) electrons. The molecule has 2 aliphatic rings. The van der Waals surface area contributed by atoms with E-state index in [0.29, 0.717) is 13.0 Å². The smallest absolute Gasteiger partial charge is 0.475 e. The number of carboxylic acid groups (broad SMARTS) is 1. The molecule has 37 heavy (non-hydrogen) atoms. The van der Waals surface area contributed by atoms with E-state index in [1.807, 2.05) is 21.5 Å². The van der Waals surface area contributed by atoms with Crippen molar-refractivity contribution in [2.24, 2.45) is 0 Å². The Balaban J connectivity index is 0.000000405. The quantitative estimate of drug-likeness (QED) is 0.557. The lowest BCUT2D eigenvalue weighted by molar-refractivity contribution is -0.192. The summed E-state index contributed by atoms with van der Waals surface area (Å²) in [6, 6.07) is 12.4. The fraction of sp³-hybridized carbons (Fsp3) is 0.462. The zero-order valence-electron chi connectivity index (χ0n) is 20.6. The molecule has 0 bridgehead atoms. The maximum absolute atomic E-state index is 12.9. The van der Waals surface area contributed by atoms with Gasteiger partial charge >= 0.3 is 12.1 Å². The molecule has 5 rings (SSSR count). The van der Waals surface area contributed by atoms with E-state index in [9.17, 15) is 18.0 Å². The van der Waals surface area contributed by atoms with Gasteiger partial charge in [0.2, 0.25) is 5.91 Å². The van der Waals surface area contributed by atoms with Crippen LogP contribution in [0.1, 0.15) is 48.6 Å². The maximum Gasteiger partial charge on any atom is 0.490 e. The Kier molecular flexibility index (Phi) is 7.99. The monoisotopic (exact) mass is 517 g/mol. The zero-order chi connectivity index (χ0) is 26.6. The number of aryl methyl sites for hydroxylation is 1. The molecule has 8 nitrogen and oxygen atoms in total. The Morgan fingerprint density at radius 1 is 1.05 bits per heavy atom. The molecular weight excluding hydrogens is 487 g/mol. The van der Waals surface area contributed by atoms with Crippen LogP contribution in [-0.4, -0.2) is 68.8 Å². The van der Waals surface area contributed by atoms with Gasteiger partial charge in [0.25, 0.3) is 0 Å². The highest BCUT2D eigenvalue weighted by Crippen LogP contribution is 2.27. The minimum absolute atomic E-state index is 0.203. The molecule has 1 amide bonds. The number of amides is 1. The van der Waals surface area contributed by atoms with Crippen molar-refractivity contribution in [3.8, 4) is 0 Å². The highest BCUT2D eigenvalue weighted by molar-refractivity contribution is 5.79. The molecule has 2 aliphatic heterocycles. The summed E-state index contributed by atoms with van der Waals surface area (Å²) < 4.78 is 33.6. The fourth-order valence-electron chi connectivity index (χ4n) is 4.72. The number of hydrogen-bond donors (Lipinski definition) is 1. The number of likely N-dealkylation sites (tertiary alicyclic amines) is 1. The molecule has 0 saturated carbocycles. The number of rotatable bonds is 4. The van der Waals surface area contributed by atoms with Gasteiger partial charge in [-0.1, -0.05) is 24.3 Å². The van der Waals surface area contributed by atoms with Crippen LogP contribution in [0, 0.1) is 6.92 Å². The number of alkyl halides is 3. The van der Waals surface area contributed by atoms with Crippen molar-refractivity contribution in [1.29, 1.82) is 0 Å². The topological polar surface area (TPSA) is 91.0 Å². The molecule has 2 saturated heterocycles. The minimum Gasteiger partial charge on any atom is -0.475 e. The number of hydrogen-bond acceptors (Lipinski definition) is 5. The molecular formula is C26H30F3N5O3. The third kappa shape index (κ3) is 6.58. The molecule has 198 valence electrons. The van der Waals surface area contributed by atoms with Gasteiger partial charge in [0.1, 0.15) is 0 Å². The minimum atomic E-state index is -5.08. The summed E-state index contributed by atoms with van der Waals surface area (Å²) in [7, 11) is 0. The molecule has 1 atom stereocenters. The van der Waals surface area contributed by atoms with Crippen molar-refractivity contribution >= 4 is 23.2 Å². The van der Waals surface area contributed by atoms with Crippen LogP contribution in [0.15, 0.2) is 42.6 Å². The Bertz CT molecular complexity index is 1250. The number of benzene rings is 1. The van der Waals surface area contributed by atoms with Gasteiger partial charge in [-0.05, 0) is 55.9 Å². The van der Waals surface area contributed by atoms with Gasteiger partial charge in [0.15, 0.2) is 11.5 Å². The van der Waals surface area contributed by atoms with Gasteiger partial charge in [0, 0.05) is 32.1 Å². The number of pyridine rings is 1. The van der Waals surface area contributed by atoms with Crippen molar-refractivity contribution < 1.29 is 27.9 Å². The average Bonchev–Trinajstić information content (AvgIpc) is 3.55. The van der Waals surface area contributed by atoms with Gasteiger partial charge < -0.3 is 14.9 Å². The zero-order valence-corrected chi connectivity index (χ0v) is 20.6. The van der Waals surface area contributed by atoms with E-state index in [-0.39, 0.29) is 11.8 Å². The van der Waals surface area contributed by atoms with Crippen molar-refractivity contribution in [2.75, 3.05) is 31.1 Å². The predicted molar refractivity (Wildman–Crippen MR) is 132 cm³/mol. The van der Waals surface area contributed by atoms with Crippen LogP contribution < -0.4 is 4.90 Å². The number of carboxylic acids is 1. The van der Waals surface area contributed by atoms with Crippen molar-refractivity contribution in [3.05, 3.63) is 59.5 Å². The highest BCUT2D eigenvalue weighted by Gasteiger charge is 2.38. The second-order valence-corrected chi connectivity index (χ2v) is 9.44. The molecule has 2 aromatic heterocycles. The normalized spacial score (nSPS) is 18.0. The number of piperidine rings is 1. The van der Waals surface area contributed by atoms with Crippen LogP contribution in [-0.2, 0) is 16.0 Å². The lowest BCUT2D eigenvalue weighted by atomic mass is 9.96. The second-order valence-electron chi connectivity index (χ2n) is 9.44. The summed E-state index contributed by atoms with van der Waals surface area (Å²) in [6.45, 7) is 5.84. The predicted octanol–water partition coefficient (Wildman–Crippen LogP) is 4.22. The summed E-state index contributed by atoms with van der Waals surface area (Å²) in [5.41, 5.74) is 4.39. The third-order valence-electron chi connectivity index (χ3n) is 6.79. The van der Waals surface area contributed by atoms with Crippen LogP contribution in [0.25, 0.3) is 5.65 Å². The summed E-state index contributed by atoms with van der Waals surface area (Å²) >= 11 is 0. The van der Waals surface area contributed by atoms with Crippen molar-refractivity contribution in [3.63, 3.8) is 0 Å². The molecule has 0 spiro atoms. The number of aliphatic carboxylic acids is 1. The Morgan fingerprint density at radius 3 is 2.43 bits per heavy atom. The summed E-state index contributed by atoms with van der Waals surface area (Å²) in [6.07, 6.45) is 2.03. The number of nitrogens with zero attached hydrogens (tertiary/aromatic N) is 5. The molecule has 1 unspecified atom stereocenters. The van der Waals surface area contributed by atoms with E-state index in [1.165, 1.54) is 24.1 Å². The highest BCUT2D eigenvalue weighted by atomic mass is 19.4. The summed E-state index contributed by atoms with van der Waals surface area (Å²) in [4.78, 5) is 31.0. The van der Waals surface area contributed by atoms with Crippen LogP contribution in [0.5, 0.6) is 0 Å². The number of anilines is 1. The number of carbonyl (C=O) groups excluding carboxylic acids is 1. The van der Waals surface area contributed by atoms with Gasteiger partial charge in [-0.3, -0.25) is 4.79 Å². The third-order valence-corrected chi connectivity index (χ3v) is 6.79. The first-order valence-corrected chi connectivity index (χ1v) is 12.4. The van der Waals surface area contributed by atoms with E-state index < -0.39 is 12.1 Å². The van der Waals surface area contributed by atoms with Crippen molar-refractivity contribution in [1.82, 2.24) is 19.5 Å². The lowest BCUT2D eigenvalue weighted by Crippen LogP contribution is -2.40. The maximum atomic E-state index is 12.9. The van der Waals surface area contributed by atoms with E-state index in [4.69, 9.17) is 20.0 Å². The second kappa shape index (κ2) is 11.2. The number of carbonyl (C=O) groups is 2. The molecule has 3 aromatic rings. The van der Waals surface area contributed by atoms with Crippen LogP contribution >= 0.6 is 0 Å². The average molecular weight is 518 g/mol. The van der Waals surface area contributed by atoms with Crippen LogP contribution in [0.3, 0.4) is 0 Å². The molecule has 0 aliphatic carbocycles. The summed E-state index contributed by atoms with van der Waals surface area (Å²) in [5.74, 6) is -1.49. The first-order valence-electron chi connectivity index (χ1n) is 12.4. The SMILES string of the molecule is Cc1ccccc1CC(=O)N1CCCC(c2nc3ccc(N4CCCC4)cn3n2)C1.O=C(O)C(F)(F)F. The first kappa shape index (κ1) is 26.4. The molecule has 11 heteroatoms. The number of halogens is 3. The van der Waals surface area contributed by atoms with Crippen LogP contribution in [0.4, 0.5) is 18.9 Å². The number of aromatic nitrogens is 3. The Labute approximate surface area is 212 Å². The standard InChI is InChI=1S/C24H29N5O.C2HF3O2/c1-18-7-2-3-8-19(18)15-23(30)28-14-6-9-20(16-28)24-25-22-11-10-21(17-29(22)26-24)27-12-4-5-13-27;3-2(4,5)1(6)7/h2-3,7-8,10-11,17,20H,4-6,9,12-16H2,1H3;(H,6,7). The van der Waals surface area contributed by atoms with E-state index >= 15 is 0 Å². The van der Waals surface area contributed by atoms with Gasteiger partial charge in [0.05, 0.1) is 18.3 Å². The fourth-order valence-corrected chi connectivity index (χ4v) is 4.72. The van der Waals surface area contributed by atoms with Gasteiger partial charge in [-0.2, -0.15) is 18.3 Å². The molecule has 1 aromatic carbocycles. The van der Waals surface area contributed by atoms with E-state index in [2.05, 4.69) is 42.3 Å².